The molecule has 0 radical (unpaired) electrons. The van der Waals surface area contributed by atoms with Gasteiger partial charge in [0, 0.05) is 12.6 Å². The number of nitrogens with zero attached hydrogens (tertiary/aromatic N) is 3. The minimum Gasteiger partial charge on any atom is -0.352 e. The molecule has 0 saturated heterocycles. The number of carbonyl (C=O) groups excluding carboxylic acids is 1. The lowest BCUT2D eigenvalue weighted by Crippen LogP contribution is -2.36. The van der Waals surface area contributed by atoms with Crippen LogP contribution >= 0.6 is 0 Å². The van der Waals surface area contributed by atoms with Crippen LogP contribution in [-0.2, 0) is 17.9 Å². The van der Waals surface area contributed by atoms with Crippen molar-refractivity contribution in [3.05, 3.63) is 11.9 Å². The van der Waals surface area contributed by atoms with Gasteiger partial charge >= 0.3 is 0 Å². The van der Waals surface area contributed by atoms with Crippen LogP contribution in [0.25, 0.3) is 0 Å². The van der Waals surface area contributed by atoms with Crippen LogP contribution in [0.2, 0.25) is 0 Å². The molecule has 0 atom stereocenters. The summed E-state index contributed by atoms with van der Waals surface area (Å²) in [7, 11) is 0. The van der Waals surface area contributed by atoms with Gasteiger partial charge in [0.2, 0.25) is 5.91 Å². The molecule has 0 saturated carbocycles. The maximum atomic E-state index is 11.8. The van der Waals surface area contributed by atoms with E-state index in [1.807, 2.05) is 6.20 Å². The number of rotatable bonds is 9. The van der Waals surface area contributed by atoms with Crippen LogP contribution in [-0.4, -0.2) is 33.5 Å². The normalized spacial score (nSPS) is 10.9. The van der Waals surface area contributed by atoms with Gasteiger partial charge in [0.1, 0.15) is 6.54 Å². The third-order valence-corrected chi connectivity index (χ3v) is 2.98. The van der Waals surface area contributed by atoms with Crippen molar-refractivity contribution >= 4 is 5.91 Å². The zero-order chi connectivity index (χ0) is 14.1. The lowest BCUT2D eigenvalue weighted by atomic mass is 10.2. The molecule has 2 N–H and O–H groups in total. The summed E-state index contributed by atoms with van der Waals surface area (Å²) in [6.45, 7) is 8.15. The molecule has 108 valence electrons. The number of hydrogen-bond acceptors (Lipinski definition) is 4. The Hall–Kier alpha value is -1.43. The molecule has 0 fully saturated rings. The average molecular weight is 267 g/mol. The van der Waals surface area contributed by atoms with E-state index in [4.69, 9.17) is 0 Å². The van der Waals surface area contributed by atoms with E-state index in [2.05, 4.69) is 41.7 Å². The molecule has 0 aliphatic heterocycles. The molecule has 1 aromatic heterocycles. The van der Waals surface area contributed by atoms with E-state index < -0.39 is 0 Å². The van der Waals surface area contributed by atoms with E-state index >= 15 is 0 Å². The highest BCUT2D eigenvalue weighted by molar-refractivity contribution is 5.75. The Bertz CT molecular complexity index is 373. The lowest BCUT2D eigenvalue weighted by molar-refractivity contribution is -0.122. The van der Waals surface area contributed by atoms with Crippen LogP contribution in [0.1, 0.15) is 45.7 Å². The Morgan fingerprint density at radius 3 is 2.74 bits per heavy atom. The van der Waals surface area contributed by atoms with Gasteiger partial charge in [-0.15, -0.1) is 5.10 Å². The monoisotopic (exact) mass is 267 g/mol. The second-order valence-electron chi connectivity index (χ2n) is 4.67. The minimum absolute atomic E-state index is 0.00772. The number of nitrogens with one attached hydrogen (secondary N) is 2. The molecule has 0 unspecified atom stereocenters. The summed E-state index contributed by atoms with van der Waals surface area (Å²) in [6.07, 6.45) is 4.80. The number of aromatic nitrogens is 3. The molecule has 6 heteroatoms. The van der Waals surface area contributed by atoms with Crippen LogP contribution in [0.5, 0.6) is 0 Å². The first-order valence-corrected chi connectivity index (χ1v) is 7.08. The fourth-order valence-corrected chi connectivity index (χ4v) is 1.80. The molecule has 1 heterocycles. The molecular weight excluding hydrogens is 242 g/mol. The van der Waals surface area contributed by atoms with Crippen molar-refractivity contribution < 1.29 is 4.79 Å². The van der Waals surface area contributed by atoms with Gasteiger partial charge in [-0.3, -0.25) is 4.79 Å². The number of hydrogen-bond donors (Lipinski definition) is 2. The summed E-state index contributed by atoms with van der Waals surface area (Å²) in [5.41, 5.74) is 0.865. The Morgan fingerprint density at radius 1 is 1.37 bits per heavy atom. The number of amides is 1. The quantitative estimate of drug-likeness (QED) is 0.657. The summed E-state index contributed by atoms with van der Waals surface area (Å²) >= 11 is 0. The van der Waals surface area contributed by atoms with Crippen molar-refractivity contribution in [2.24, 2.45) is 0 Å². The molecule has 1 aromatic rings. The van der Waals surface area contributed by atoms with Crippen molar-refractivity contribution in [2.45, 2.75) is 59.2 Å². The van der Waals surface area contributed by atoms with E-state index in [1.165, 1.54) is 0 Å². The van der Waals surface area contributed by atoms with Crippen LogP contribution in [0.3, 0.4) is 0 Å². The molecule has 0 aliphatic carbocycles. The lowest BCUT2D eigenvalue weighted by Gasteiger charge is -2.14. The van der Waals surface area contributed by atoms with Gasteiger partial charge in [0.25, 0.3) is 0 Å². The highest BCUT2D eigenvalue weighted by Gasteiger charge is 2.10. The summed E-state index contributed by atoms with van der Waals surface area (Å²) < 4.78 is 1.58. The SMILES string of the molecule is CCCNCc1cn(CC(=O)NC(CC)CC)nn1. The average Bonchev–Trinajstić information content (AvgIpc) is 2.83. The first kappa shape index (κ1) is 15.6. The van der Waals surface area contributed by atoms with E-state index in [-0.39, 0.29) is 18.5 Å². The van der Waals surface area contributed by atoms with Crippen LogP contribution in [0, 0.1) is 0 Å². The fraction of sp³-hybridized carbons (Fsp3) is 0.769. The van der Waals surface area contributed by atoms with E-state index in [1.54, 1.807) is 4.68 Å². The molecule has 0 aliphatic rings. The molecule has 0 bridgehead atoms. The third-order valence-electron chi connectivity index (χ3n) is 2.98. The second kappa shape index (κ2) is 8.63. The molecule has 6 nitrogen and oxygen atoms in total. The van der Waals surface area contributed by atoms with Gasteiger partial charge in [-0.25, -0.2) is 4.68 Å². The van der Waals surface area contributed by atoms with Gasteiger partial charge in [-0.2, -0.15) is 0 Å². The van der Waals surface area contributed by atoms with E-state index in [0.29, 0.717) is 6.54 Å². The fourth-order valence-electron chi connectivity index (χ4n) is 1.80. The second-order valence-corrected chi connectivity index (χ2v) is 4.67. The van der Waals surface area contributed by atoms with E-state index in [0.717, 1.165) is 31.5 Å². The van der Waals surface area contributed by atoms with Gasteiger partial charge < -0.3 is 10.6 Å². The van der Waals surface area contributed by atoms with Crippen LogP contribution < -0.4 is 10.6 Å². The Labute approximate surface area is 115 Å². The van der Waals surface area contributed by atoms with E-state index in [9.17, 15) is 4.79 Å². The van der Waals surface area contributed by atoms with Crippen LogP contribution in [0.15, 0.2) is 6.20 Å². The Morgan fingerprint density at radius 2 is 2.11 bits per heavy atom. The molecule has 1 amide bonds. The molecular formula is C13H25N5O. The van der Waals surface area contributed by atoms with Crippen molar-refractivity contribution in [3.8, 4) is 0 Å². The first-order chi connectivity index (χ1) is 9.19. The highest BCUT2D eigenvalue weighted by Crippen LogP contribution is 1.97. The minimum atomic E-state index is -0.00772. The van der Waals surface area contributed by atoms with Gasteiger partial charge in [-0.05, 0) is 25.8 Å². The van der Waals surface area contributed by atoms with Gasteiger partial charge in [0.05, 0.1) is 11.9 Å². The molecule has 0 aromatic carbocycles. The summed E-state index contributed by atoms with van der Waals surface area (Å²) in [5.74, 6) is -0.00772. The first-order valence-electron chi connectivity index (χ1n) is 7.08. The smallest absolute Gasteiger partial charge is 0.242 e. The van der Waals surface area contributed by atoms with Crippen molar-refractivity contribution in [2.75, 3.05) is 6.54 Å². The Kier molecular flexibility index (Phi) is 7.10. The summed E-state index contributed by atoms with van der Waals surface area (Å²) in [4.78, 5) is 11.8. The highest BCUT2D eigenvalue weighted by atomic mass is 16.2. The largest absolute Gasteiger partial charge is 0.352 e. The number of carbonyl (C=O) groups is 1. The standard InChI is InChI=1S/C13H25N5O/c1-4-7-14-8-12-9-18(17-16-12)10-13(19)15-11(5-2)6-3/h9,11,14H,4-8,10H2,1-3H3,(H,15,19). The molecule has 1 rings (SSSR count). The third kappa shape index (κ3) is 5.83. The van der Waals surface area contributed by atoms with Gasteiger partial charge in [-0.1, -0.05) is 26.0 Å². The zero-order valence-corrected chi connectivity index (χ0v) is 12.1. The maximum absolute atomic E-state index is 11.8. The molecule has 19 heavy (non-hydrogen) atoms. The van der Waals surface area contributed by atoms with Crippen molar-refractivity contribution in [1.82, 2.24) is 25.6 Å². The predicted octanol–water partition coefficient (Wildman–Crippen LogP) is 1.08. The van der Waals surface area contributed by atoms with Crippen LogP contribution in [0.4, 0.5) is 0 Å². The topological polar surface area (TPSA) is 71.8 Å². The predicted molar refractivity (Wildman–Crippen MR) is 74.5 cm³/mol. The van der Waals surface area contributed by atoms with Crippen molar-refractivity contribution in [1.29, 1.82) is 0 Å². The van der Waals surface area contributed by atoms with Gasteiger partial charge in [0.15, 0.2) is 0 Å². The van der Waals surface area contributed by atoms with Crippen molar-refractivity contribution in [3.63, 3.8) is 0 Å². The summed E-state index contributed by atoms with van der Waals surface area (Å²) in [5, 5.41) is 14.2. The zero-order valence-electron chi connectivity index (χ0n) is 12.1. The Balaban J connectivity index is 2.38. The maximum Gasteiger partial charge on any atom is 0.242 e. The summed E-state index contributed by atoms with van der Waals surface area (Å²) in [6, 6.07) is 0.252. The molecule has 0 spiro atoms.